The van der Waals surface area contributed by atoms with Gasteiger partial charge in [0.2, 0.25) is 5.91 Å². The van der Waals surface area contributed by atoms with Gasteiger partial charge in [0, 0.05) is 25.5 Å². The maximum absolute atomic E-state index is 11.9. The molecule has 8 heteroatoms. The number of nitrogen functional groups attached to an aromatic ring is 1. The molecule has 8 nitrogen and oxygen atoms in total. The number of piperidine rings is 1. The molecule has 5 rings (SSSR count). The van der Waals surface area contributed by atoms with Crippen LogP contribution in [0.5, 0.6) is 0 Å². The first-order valence-electron chi connectivity index (χ1n) is 10.6. The third kappa shape index (κ3) is 3.37. The van der Waals surface area contributed by atoms with Crippen molar-refractivity contribution in [2.24, 2.45) is 5.41 Å². The Labute approximate surface area is 180 Å². The highest BCUT2D eigenvalue weighted by Gasteiger charge is 2.37. The van der Waals surface area contributed by atoms with E-state index in [4.69, 9.17) is 5.73 Å². The van der Waals surface area contributed by atoms with Crippen LogP contribution in [0.25, 0.3) is 28.0 Å². The van der Waals surface area contributed by atoms with E-state index in [9.17, 15) is 4.79 Å². The monoisotopic (exact) mass is 415 g/mol. The second kappa shape index (κ2) is 7.61. The first-order valence-corrected chi connectivity index (χ1v) is 10.6. The van der Waals surface area contributed by atoms with Crippen LogP contribution < -0.4 is 5.73 Å². The van der Waals surface area contributed by atoms with Crippen LogP contribution in [0.15, 0.2) is 43.5 Å². The molecule has 0 atom stereocenters. The molecule has 4 heterocycles. The number of aromatic amines is 1. The zero-order valence-corrected chi connectivity index (χ0v) is 17.3. The second-order valence-corrected chi connectivity index (χ2v) is 8.39. The number of likely N-dealkylation sites (tertiary alicyclic amines) is 1. The molecular formula is C23H25N7O. The number of nitrogens with two attached hydrogens (primary N) is 1. The number of allylic oxidation sites excluding steroid dienone is 2. The average Bonchev–Trinajstić information content (AvgIpc) is 3.21. The molecule has 1 aliphatic carbocycles. The van der Waals surface area contributed by atoms with Crippen LogP contribution in [0.3, 0.4) is 0 Å². The van der Waals surface area contributed by atoms with Gasteiger partial charge in [0.05, 0.1) is 16.6 Å². The fraction of sp³-hybridized carbons (Fsp3) is 0.348. The van der Waals surface area contributed by atoms with Crippen molar-refractivity contribution < 1.29 is 4.79 Å². The predicted molar refractivity (Wildman–Crippen MR) is 120 cm³/mol. The van der Waals surface area contributed by atoms with Crippen LogP contribution >= 0.6 is 0 Å². The molecular weight excluding hydrogens is 390 g/mol. The maximum Gasteiger partial charge on any atom is 0.245 e. The van der Waals surface area contributed by atoms with E-state index >= 15 is 0 Å². The zero-order chi connectivity index (χ0) is 21.4. The SMILES string of the molecule is C=CC(=O)N1CCC2(CC=C(c3[nH]c4ncnc(N)c4c3-c3ncccn3)CC2)CC1. The fourth-order valence-electron chi connectivity index (χ4n) is 4.89. The van der Waals surface area contributed by atoms with Gasteiger partial charge in [-0.2, -0.15) is 0 Å². The Bertz CT molecular complexity index is 1170. The van der Waals surface area contributed by atoms with Crippen LogP contribution in [0.1, 0.15) is 37.8 Å². The minimum atomic E-state index is 0.0335. The van der Waals surface area contributed by atoms with Gasteiger partial charge < -0.3 is 15.6 Å². The van der Waals surface area contributed by atoms with Crippen molar-refractivity contribution in [3.05, 3.63) is 49.2 Å². The lowest BCUT2D eigenvalue weighted by Crippen LogP contribution is -2.43. The molecule has 1 aliphatic heterocycles. The average molecular weight is 416 g/mol. The van der Waals surface area contributed by atoms with E-state index in [1.807, 2.05) is 4.90 Å². The molecule has 3 aromatic heterocycles. The van der Waals surface area contributed by atoms with Crippen molar-refractivity contribution in [2.75, 3.05) is 18.8 Å². The number of amides is 1. The summed E-state index contributed by atoms with van der Waals surface area (Å²) in [6.07, 6.45) is 13.7. The summed E-state index contributed by atoms with van der Waals surface area (Å²) in [5, 5.41) is 0.765. The van der Waals surface area contributed by atoms with Gasteiger partial charge in [-0.1, -0.05) is 12.7 Å². The van der Waals surface area contributed by atoms with Gasteiger partial charge >= 0.3 is 0 Å². The maximum atomic E-state index is 11.9. The van der Waals surface area contributed by atoms with Crippen molar-refractivity contribution in [1.82, 2.24) is 29.8 Å². The summed E-state index contributed by atoms with van der Waals surface area (Å²) in [6.45, 7) is 5.21. The minimum absolute atomic E-state index is 0.0335. The number of hydrogen-bond donors (Lipinski definition) is 2. The van der Waals surface area contributed by atoms with Crippen LogP contribution in [0, 0.1) is 5.41 Å². The summed E-state index contributed by atoms with van der Waals surface area (Å²) in [6, 6.07) is 1.80. The minimum Gasteiger partial charge on any atom is -0.383 e. The van der Waals surface area contributed by atoms with Crippen molar-refractivity contribution in [1.29, 1.82) is 0 Å². The molecule has 0 bridgehead atoms. The highest BCUT2D eigenvalue weighted by atomic mass is 16.2. The number of nitrogens with one attached hydrogen (secondary N) is 1. The van der Waals surface area contributed by atoms with Crippen LogP contribution in [-0.2, 0) is 4.79 Å². The van der Waals surface area contributed by atoms with Crippen LogP contribution in [0.2, 0.25) is 0 Å². The Morgan fingerprint density at radius 2 is 1.94 bits per heavy atom. The Balaban J connectivity index is 1.48. The number of H-pyrrole nitrogens is 1. The van der Waals surface area contributed by atoms with Crippen molar-refractivity contribution in [3.8, 4) is 11.4 Å². The number of fused-ring (bicyclic) bond motifs is 1. The number of nitrogens with zero attached hydrogens (tertiary/aromatic N) is 5. The standard InChI is InChI=1S/C23H25N7O/c1-2-16(31)30-12-8-23(9-13-30)6-4-15(5-7-23)19-17(21-25-10-3-11-26-21)18-20(24)27-14-28-22(18)29-19/h2-4,10-11,14H,1,5-9,12-13H2,(H3,24,27,28,29). The largest absolute Gasteiger partial charge is 0.383 e. The van der Waals surface area contributed by atoms with Gasteiger partial charge in [-0.05, 0) is 55.2 Å². The van der Waals surface area contributed by atoms with Crippen molar-refractivity contribution in [2.45, 2.75) is 32.1 Å². The molecule has 0 unspecified atom stereocenters. The first kappa shape index (κ1) is 19.4. The quantitative estimate of drug-likeness (QED) is 0.634. The molecule has 3 aromatic rings. The number of aromatic nitrogens is 5. The van der Waals surface area contributed by atoms with Gasteiger partial charge in [-0.3, -0.25) is 4.79 Å². The van der Waals surface area contributed by atoms with E-state index in [1.54, 1.807) is 18.5 Å². The van der Waals surface area contributed by atoms with Crippen molar-refractivity contribution >= 4 is 28.3 Å². The molecule has 31 heavy (non-hydrogen) atoms. The summed E-state index contributed by atoms with van der Waals surface area (Å²) < 4.78 is 0. The lowest BCUT2D eigenvalue weighted by molar-refractivity contribution is -0.128. The van der Waals surface area contributed by atoms with E-state index in [1.165, 1.54) is 18.0 Å². The predicted octanol–water partition coefficient (Wildman–Crippen LogP) is 3.36. The molecule has 1 fully saturated rings. The molecule has 3 N–H and O–H groups in total. The summed E-state index contributed by atoms with van der Waals surface area (Å²) in [5.74, 6) is 1.07. The number of hydrogen-bond acceptors (Lipinski definition) is 6. The summed E-state index contributed by atoms with van der Waals surface area (Å²) >= 11 is 0. The third-order valence-corrected chi connectivity index (χ3v) is 6.75. The molecule has 0 saturated carbocycles. The van der Waals surface area contributed by atoms with Gasteiger partial charge in [-0.25, -0.2) is 19.9 Å². The number of rotatable bonds is 3. The zero-order valence-electron chi connectivity index (χ0n) is 17.3. The van der Waals surface area contributed by atoms with E-state index in [-0.39, 0.29) is 11.3 Å². The normalized spacial score (nSPS) is 18.2. The van der Waals surface area contributed by atoms with Gasteiger partial charge in [0.15, 0.2) is 5.82 Å². The summed E-state index contributed by atoms with van der Waals surface area (Å²) in [4.78, 5) is 34.8. The molecule has 1 amide bonds. The lowest BCUT2D eigenvalue weighted by atomic mass is 9.68. The van der Waals surface area contributed by atoms with Crippen LogP contribution in [-0.4, -0.2) is 48.8 Å². The molecule has 1 saturated heterocycles. The van der Waals surface area contributed by atoms with E-state index < -0.39 is 0 Å². The molecule has 158 valence electrons. The molecule has 2 aliphatic rings. The molecule has 0 aromatic carbocycles. The fourth-order valence-corrected chi connectivity index (χ4v) is 4.89. The summed E-state index contributed by atoms with van der Waals surface area (Å²) in [7, 11) is 0. The number of carbonyl (C=O) groups excluding carboxylic acids is 1. The van der Waals surface area contributed by atoms with Crippen LogP contribution in [0.4, 0.5) is 5.82 Å². The summed E-state index contributed by atoms with van der Waals surface area (Å²) in [5.41, 5.74) is 10.2. The van der Waals surface area contributed by atoms with Crippen molar-refractivity contribution in [3.63, 3.8) is 0 Å². The molecule has 1 spiro atoms. The number of carbonyl (C=O) groups is 1. The lowest BCUT2D eigenvalue weighted by Gasteiger charge is -2.43. The Kier molecular flexibility index (Phi) is 4.77. The molecule has 0 radical (unpaired) electrons. The van der Waals surface area contributed by atoms with E-state index in [2.05, 4.69) is 37.6 Å². The second-order valence-electron chi connectivity index (χ2n) is 8.39. The third-order valence-electron chi connectivity index (χ3n) is 6.75. The van der Waals surface area contributed by atoms with E-state index in [0.717, 1.165) is 61.8 Å². The topological polar surface area (TPSA) is 114 Å². The van der Waals surface area contributed by atoms with E-state index in [0.29, 0.717) is 17.3 Å². The first-order chi connectivity index (χ1) is 15.1. The smallest absolute Gasteiger partial charge is 0.245 e. The van der Waals surface area contributed by atoms with Gasteiger partial charge in [0.25, 0.3) is 0 Å². The highest BCUT2D eigenvalue weighted by Crippen LogP contribution is 2.47. The van der Waals surface area contributed by atoms with Gasteiger partial charge in [-0.15, -0.1) is 0 Å². The Morgan fingerprint density at radius 3 is 2.61 bits per heavy atom. The highest BCUT2D eigenvalue weighted by molar-refractivity contribution is 6.04. The Hall–Kier alpha value is -3.55. The van der Waals surface area contributed by atoms with Gasteiger partial charge in [0.1, 0.15) is 17.8 Å². The number of anilines is 1. The Morgan fingerprint density at radius 1 is 1.16 bits per heavy atom.